The van der Waals surface area contributed by atoms with Crippen molar-refractivity contribution in [3.05, 3.63) is 64.5 Å². The van der Waals surface area contributed by atoms with Gasteiger partial charge in [0, 0.05) is 41.6 Å². The number of alkyl halides is 2. The predicted octanol–water partition coefficient (Wildman–Crippen LogP) is 5.52. The summed E-state index contributed by atoms with van der Waals surface area (Å²) in [6, 6.07) is 6.03. The molecule has 0 aliphatic rings. The highest BCUT2D eigenvalue weighted by Crippen LogP contribution is 2.40. The van der Waals surface area contributed by atoms with Crippen molar-refractivity contribution in [2.45, 2.75) is 71.8 Å². The Kier molecular flexibility index (Phi) is 5.61. The first kappa shape index (κ1) is 23.7. The number of benzene rings is 1. The molecule has 0 fully saturated rings. The largest absolute Gasteiger partial charge is 0.507 e. The van der Waals surface area contributed by atoms with Gasteiger partial charge in [-0.1, -0.05) is 41.5 Å². The third-order valence-corrected chi connectivity index (χ3v) is 5.64. The maximum Gasteiger partial charge on any atom is 0.270 e. The van der Waals surface area contributed by atoms with Gasteiger partial charge in [0.1, 0.15) is 5.75 Å². The lowest BCUT2D eigenvalue weighted by Crippen LogP contribution is -2.25. The molecule has 0 radical (unpaired) electrons. The van der Waals surface area contributed by atoms with E-state index in [2.05, 4.69) is 0 Å². The van der Waals surface area contributed by atoms with Crippen molar-refractivity contribution in [3.63, 3.8) is 0 Å². The zero-order valence-electron chi connectivity index (χ0n) is 19.7. The van der Waals surface area contributed by atoms with Gasteiger partial charge in [-0.05, 0) is 35.1 Å². The van der Waals surface area contributed by atoms with Gasteiger partial charge in [0.25, 0.3) is 5.92 Å². The van der Waals surface area contributed by atoms with Gasteiger partial charge in [-0.25, -0.2) is 8.78 Å². The molecule has 0 amide bonds. The molecule has 32 heavy (non-hydrogen) atoms. The normalized spacial score (nSPS) is 13.0. The fraction of sp³-hybridized carbons (Fsp3) is 0.440. The van der Waals surface area contributed by atoms with Crippen LogP contribution in [0, 0.1) is 5.41 Å². The molecular weight excluding hydrogens is 412 g/mol. The standard InChI is InChI=1S/C25H31F2N3O2/c1-23(2,3)18-10-15(11-19(21(18)32)24(4,5)6)20(31)14-29-13-17-12-16(25(7,26)27)8-9-30(17)22(29)28/h8-13,28,32H,14H2,1-7H3. The summed E-state index contributed by atoms with van der Waals surface area (Å²) >= 11 is 0. The molecule has 0 unspecified atom stereocenters. The number of phenolic OH excluding ortho intramolecular Hbond substituents is 1. The van der Waals surface area contributed by atoms with Crippen LogP contribution in [0.25, 0.3) is 5.52 Å². The number of halogens is 2. The second-order valence-electron chi connectivity index (χ2n) is 10.5. The van der Waals surface area contributed by atoms with Crippen molar-refractivity contribution >= 4 is 11.3 Å². The zero-order valence-corrected chi connectivity index (χ0v) is 19.7. The Hall–Kier alpha value is -2.96. The molecule has 0 spiro atoms. The summed E-state index contributed by atoms with van der Waals surface area (Å²) in [6.07, 6.45) is 2.95. The van der Waals surface area contributed by atoms with E-state index in [0.29, 0.717) is 22.2 Å². The molecule has 0 aliphatic carbocycles. The molecule has 5 nitrogen and oxygen atoms in total. The summed E-state index contributed by atoms with van der Waals surface area (Å²) in [5.74, 6) is -3.03. The highest BCUT2D eigenvalue weighted by atomic mass is 19.3. The van der Waals surface area contributed by atoms with Crippen molar-refractivity contribution in [3.8, 4) is 5.75 Å². The van der Waals surface area contributed by atoms with E-state index in [0.717, 1.165) is 6.92 Å². The smallest absolute Gasteiger partial charge is 0.270 e. The van der Waals surface area contributed by atoms with Gasteiger partial charge < -0.3 is 9.67 Å². The second kappa shape index (κ2) is 7.57. The molecular formula is C25H31F2N3O2. The van der Waals surface area contributed by atoms with Crippen LogP contribution in [0.2, 0.25) is 0 Å². The van der Waals surface area contributed by atoms with E-state index in [1.54, 1.807) is 12.1 Å². The molecule has 1 aromatic carbocycles. The number of phenols is 1. The summed E-state index contributed by atoms with van der Waals surface area (Å²) in [7, 11) is 0. The Balaban J connectivity index is 2.06. The average molecular weight is 444 g/mol. The minimum absolute atomic E-state index is 0.0187. The number of carbonyl (C=O) groups excluding carboxylic acids is 1. The van der Waals surface area contributed by atoms with Gasteiger partial charge >= 0.3 is 0 Å². The molecule has 0 aliphatic heterocycles. The number of aromatic nitrogens is 2. The Labute approximate surface area is 186 Å². The first-order valence-electron chi connectivity index (χ1n) is 10.6. The van der Waals surface area contributed by atoms with E-state index in [4.69, 9.17) is 5.41 Å². The number of carbonyl (C=O) groups is 1. The number of fused-ring (bicyclic) bond motifs is 1. The van der Waals surface area contributed by atoms with E-state index in [1.807, 2.05) is 41.5 Å². The molecule has 7 heteroatoms. The van der Waals surface area contributed by atoms with Crippen molar-refractivity contribution in [1.82, 2.24) is 8.97 Å². The lowest BCUT2D eigenvalue weighted by atomic mass is 9.78. The summed E-state index contributed by atoms with van der Waals surface area (Å²) in [5.41, 5.74) is 1.34. The van der Waals surface area contributed by atoms with E-state index in [9.17, 15) is 18.7 Å². The van der Waals surface area contributed by atoms with Crippen LogP contribution in [-0.4, -0.2) is 19.9 Å². The molecule has 2 aromatic heterocycles. The molecule has 0 atom stereocenters. The van der Waals surface area contributed by atoms with Gasteiger partial charge in [0.05, 0.1) is 12.1 Å². The summed E-state index contributed by atoms with van der Waals surface area (Å²) in [6.45, 7) is 12.5. The Bertz CT molecular complexity index is 1210. The quantitative estimate of drug-likeness (QED) is 0.522. The number of ketones is 1. The van der Waals surface area contributed by atoms with Crippen molar-refractivity contribution in [2.75, 3.05) is 0 Å². The maximum absolute atomic E-state index is 13.7. The number of hydrogen-bond donors (Lipinski definition) is 2. The van der Waals surface area contributed by atoms with E-state index in [1.165, 1.54) is 33.5 Å². The SMILES string of the molecule is CC(C)(C)c1cc(C(=O)Cn2cc3cc(C(C)(F)F)ccn3c2=N)cc(C(C)(C)C)c1O. The summed E-state index contributed by atoms with van der Waals surface area (Å²) in [5, 5.41) is 19.2. The first-order chi connectivity index (χ1) is 14.5. The lowest BCUT2D eigenvalue weighted by Gasteiger charge is -2.28. The van der Waals surface area contributed by atoms with Gasteiger partial charge in [0.15, 0.2) is 5.78 Å². The summed E-state index contributed by atoms with van der Waals surface area (Å²) in [4.78, 5) is 13.2. The van der Waals surface area contributed by atoms with Gasteiger partial charge in [-0.3, -0.25) is 14.6 Å². The molecule has 0 saturated heterocycles. The maximum atomic E-state index is 13.7. The van der Waals surface area contributed by atoms with Gasteiger partial charge in [-0.15, -0.1) is 0 Å². The monoisotopic (exact) mass is 443 g/mol. The van der Waals surface area contributed by atoms with Crippen LogP contribution in [0.4, 0.5) is 8.78 Å². The van der Waals surface area contributed by atoms with E-state index in [-0.39, 0.29) is 40.1 Å². The van der Waals surface area contributed by atoms with Crippen LogP contribution in [0.3, 0.4) is 0 Å². The molecule has 0 bridgehead atoms. The Morgan fingerprint density at radius 2 is 1.53 bits per heavy atom. The van der Waals surface area contributed by atoms with Crippen molar-refractivity contribution < 1.29 is 18.7 Å². The Morgan fingerprint density at radius 3 is 2.00 bits per heavy atom. The number of imidazole rings is 1. The number of nitrogens with zero attached hydrogens (tertiary/aromatic N) is 2. The van der Waals surface area contributed by atoms with Crippen LogP contribution in [-0.2, 0) is 23.3 Å². The number of rotatable bonds is 4. The highest BCUT2D eigenvalue weighted by Gasteiger charge is 2.28. The minimum atomic E-state index is -2.99. The molecule has 3 rings (SSSR count). The topological polar surface area (TPSA) is 70.5 Å². The number of nitrogens with one attached hydrogen (secondary N) is 1. The van der Waals surface area contributed by atoms with Crippen LogP contribution in [0.5, 0.6) is 5.75 Å². The fourth-order valence-electron chi connectivity index (χ4n) is 3.75. The van der Waals surface area contributed by atoms with E-state index < -0.39 is 5.92 Å². The van der Waals surface area contributed by atoms with Crippen LogP contribution in [0.15, 0.2) is 36.7 Å². The molecule has 0 saturated carbocycles. The lowest BCUT2D eigenvalue weighted by molar-refractivity contribution is 0.0175. The van der Waals surface area contributed by atoms with Crippen molar-refractivity contribution in [1.29, 1.82) is 5.41 Å². The number of hydrogen-bond acceptors (Lipinski definition) is 3. The van der Waals surface area contributed by atoms with E-state index >= 15 is 0 Å². The third-order valence-electron chi connectivity index (χ3n) is 5.64. The van der Waals surface area contributed by atoms with Crippen molar-refractivity contribution in [2.24, 2.45) is 0 Å². The highest BCUT2D eigenvalue weighted by molar-refractivity contribution is 5.96. The predicted molar refractivity (Wildman–Crippen MR) is 121 cm³/mol. The second-order valence-corrected chi connectivity index (χ2v) is 10.5. The fourth-order valence-corrected chi connectivity index (χ4v) is 3.75. The molecule has 172 valence electrons. The van der Waals surface area contributed by atoms with Gasteiger partial charge in [-0.2, -0.15) is 0 Å². The number of pyridine rings is 1. The Morgan fingerprint density at radius 1 is 1.00 bits per heavy atom. The van der Waals surface area contributed by atoms with Crippen LogP contribution >= 0.6 is 0 Å². The van der Waals surface area contributed by atoms with Crippen LogP contribution < -0.4 is 5.62 Å². The van der Waals surface area contributed by atoms with Gasteiger partial charge in [0.2, 0.25) is 5.62 Å². The number of Topliss-reactive ketones (excluding diaryl/α,β-unsaturated/α-hetero) is 1. The molecule has 2 heterocycles. The molecule has 3 aromatic rings. The third kappa shape index (κ3) is 4.47. The van der Waals surface area contributed by atoms with Crippen LogP contribution in [0.1, 0.15) is 75.5 Å². The molecule has 2 N–H and O–H groups in total. The first-order valence-corrected chi connectivity index (χ1v) is 10.6. The zero-order chi connectivity index (χ0) is 24.2. The minimum Gasteiger partial charge on any atom is -0.507 e. The number of aromatic hydroxyl groups is 1. The average Bonchev–Trinajstić information content (AvgIpc) is 2.94. The summed E-state index contributed by atoms with van der Waals surface area (Å²) < 4.78 is 30.3.